The van der Waals surface area contributed by atoms with Crippen LogP contribution in [0.5, 0.6) is 11.5 Å². The number of aliphatic carboxylic acids is 1. The number of carboxylic acids is 1. The quantitative estimate of drug-likeness (QED) is 0.294. The average Bonchev–Trinajstić information content (AvgIpc) is 3.16. The Hall–Kier alpha value is -3.52. The van der Waals surface area contributed by atoms with E-state index < -0.39 is 36.0 Å². The van der Waals surface area contributed by atoms with Crippen LogP contribution in [0.2, 0.25) is 0 Å². The number of ether oxygens (including phenoxy) is 3. The molecule has 1 aliphatic rings. The van der Waals surface area contributed by atoms with Crippen molar-refractivity contribution in [2.75, 3.05) is 20.3 Å². The van der Waals surface area contributed by atoms with Gasteiger partial charge in [-0.2, -0.15) is 0 Å². The number of rotatable bonds is 8. The average molecular weight is 652 g/mol. The summed E-state index contributed by atoms with van der Waals surface area (Å²) in [7, 11) is 1.43. The number of fused-ring (bicyclic) bond motifs is 1. The zero-order chi connectivity index (χ0) is 27.6. The van der Waals surface area contributed by atoms with Gasteiger partial charge in [0.1, 0.15) is 5.82 Å². The van der Waals surface area contributed by atoms with Crippen molar-refractivity contribution >= 4 is 51.9 Å². The van der Waals surface area contributed by atoms with E-state index in [0.29, 0.717) is 35.5 Å². The summed E-state index contributed by atoms with van der Waals surface area (Å²) >= 11 is 3.14. The van der Waals surface area contributed by atoms with Gasteiger partial charge in [0.05, 0.1) is 39.1 Å². The van der Waals surface area contributed by atoms with Crippen molar-refractivity contribution in [1.29, 1.82) is 0 Å². The first-order valence-corrected chi connectivity index (χ1v) is 13.2. The summed E-state index contributed by atoms with van der Waals surface area (Å²) in [5, 5.41) is 8.94. The predicted molar refractivity (Wildman–Crippen MR) is 146 cm³/mol. The van der Waals surface area contributed by atoms with Crippen LogP contribution in [0.25, 0.3) is 6.08 Å². The van der Waals surface area contributed by atoms with Crippen LogP contribution in [0, 0.1) is 9.39 Å². The maximum atomic E-state index is 13.7. The van der Waals surface area contributed by atoms with Gasteiger partial charge in [-0.15, -0.1) is 0 Å². The fourth-order valence-electron chi connectivity index (χ4n) is 4.00. The smallest absolute Gasteiger partial charge is 0.341 e. The molecule has 12 heteroatoms. The molecule has 0 saturated carbocycles. The van der Waals surface area contributed by atoms with Gasteiger partial charge in [-0.1, -0.05) is 23.5 Å². The molecule has 3 aromatic rings. The molecule has 38 heavy (non-hydrogen) atoms. The molecule has 9 nitrogen and oxygen atoms in total. The largest absolute Gasteiger partial charge is 0.493 e. The van der Waals surface area contributed by atoms with Crippen LogP contribution in [0.15, 0.2) is 57.5 Å². The molecule has 1 aliphatic heterocycles. The zero-order valence-electron chi connectivity index (χ0n) is 20.5. The molecule has 0 saturated heterocycles. The first-order valence-electron chi connectivity index (χ1n) is 11.3. The molecular weight excluding hydrogens is 630 g/mol. The number of hydrogen-bond acceptors (Lipinski definition) is 8. The summed E-state index contributed by atoms with van der Waals surface area (Å²) in [6, 6.07) is 8.09. The van der Waals surface area contributed by atoms with Crippen molar-refractivity contribution in [3.05, 3.63) is 87.9 Å². The number of carbonyl (C=O) groups is 2. The standard InChI is InChI=1S/C26H22FIN2O7S/c1-4-36-25(34)21-13(2)29-26-30(22(21)15-5-7-16(27)8-6-15)24(33)19(38-26)11-14-9-17(28)23(18(10-14)35-3)37-12-20(31)32/h5-11,22H,4,12H2,1-3H3,(H,31,32)/b19-11-/t22-/m1/s1. The summed E-state index contributed by atoms with van der Waals surface area (Å²) in [6.45, 7) is 2.96. The maximum absolute atomic E-state index is 13.7. The Labute approximate surface area is 233 Å². The molecule has 198 valence electrons. The van der Waals surface area contributed by atoms with Crippen molar-refractivity contribution in [1.82, 2.24) is 4.57 Å². The topological polar surface area (TPSA) is 116 Å². The van der Waals surface area contributed by atoms with Crippen molar-refractivity contribution in [2.24, 2.45) is 4.99 Å². The second-order valence-electron chi connectivity index (χ2n) is 8.07. The molecule has 0 bridgehead atoms. The van der Waals surface area contributed by atoms with Gasteiger partial charge in [-0.05, 0) is 77.9 Å². The van der Waals surface area contributed by atoms with E-state index in [9.17, 15) is 18.8 Å². The zero-order valence-corrected chi connectivity index (χ0v) is 23.5. The van der Waals surface area contributed by atoms with Crippen LogP contribution in [0.4, 0.5) is 4.39 Å². The molecule has 0 spiro atoms. The summed E-state index contributed by atoms with van der Waals surface area (Å²) in [6.07, 6.45) is 1.65. The lowest BCUT2D eigenvalue weighted by atomic mass is 9.96. The minimum absolute atomic E-state index is 0.142. The SMILES string of the molecule is CCOC(=O)C1=C(C)N=c2s/c(=C\c3cc(I)c(OCC(=O)O)c(OC)c3)c(=O)n2[C@@H]1c1ccc(F)cc1. The van der Waals surface area contributed by atoms with Gasteiger partial charge in [-0.25, -0.2) is 19.0 Å². The molecule has 0 amide bonds. The number of carboxylic acid groups (broad SMARTS) is 1. The molecule has 0 unspecified atom stereocenters. The van der Waals surface area contributed by atoms with Gasteiger partial charge in [0.25, 0.3) is 5.56 Å². The minimum atomic E-state index is -1.12. The van der Waals surface area contributed by atoms with Crippen LogP contribution in [0.3, 0.4) is 0 Å². The van der Waals surface area contributed by atoms with Gasteiger partial charge >= 0.3 is 11.9 Å². The Balaban J connectivity index is 1.88. The fraction of sp³-hybridized carbons (Fsp3) is 0.231. The molecule has 2 heterocycles. The third-order valence-electron chi connectivity index (χ3n) is 5.59. The Morgan fingerprint density at radius 3 is 2.61 bits per heavy atom. The van der Waals surface area contributed by atoms with E-state index in [0.717, 1.165) is 11.3 Å². The van der Waals surface area contributed by atoms with Crippen molar-refractivity contribution < 1.29 is 33.3 Å². The predicted octanol–water partition coefficient (Wildman–Crippen LogP) is 3.01. The number of aromatic nitrogens is 1. The molecule has 0 radical (unpaired) electrons. The van der Waals surface area contributed by atoms with Gasteiger partial charge < -0.3 is 19.3 Å². The highest BCUT2D eigenvalue weighted by atomic mass is 127. The summed E-state index contributed by atoms with van der Waals surface area (Å²) < 4.78 is 32.0. The van der Waals surface area contributed by atoms with Crippen LogP contribution in [-0.4, -0.2) is 41.9 Å². The summed E-state index contributed by atoms with van der Waals surface area (Å²) in [5.74, 6) is -1.59. The second-order valence-corrected chi connectivity index (χ2v) is 10.2. The highest BCUT2D eigenvalue weighted by Gasteiger charge is 2.33. The number of allylic oxidation sites excluding steroid dienone is 1. The van der Waals surface area contributed by atoms with Crippen LogP contribution >= 0.6 is 33.9 Å². The summed E-state index contributed by atoms with van der Waals surface area (Å²) in [4.78, 5) is 42.4. The minimum Gasteiger partial charge on any atom is -0.493 e. The lowest BCUT2D eigenvalue weighted by Gasteiger charge is -2.24. The van der Waals surface area contributed by atoms with E-state index in [1.807, 2.05) is 22.6 Å². The number of nitrogens with zero attached hydrogens (tertiary/aromatic N) is 2. The van der Waals surface area contributed by atoms with Crippen molar-refractivity contribution in [3.63, 3.8) is 0 Å². The fourth-order valence-corrected chi connectivity index (χ4v) is 5.83. The number of esters is 1. The maximum Gasteiger partial charge on any atom is 0.341 e. The Bertz CT molecular complexity index is 1630. The lowest BCUT2D eigenvalue weighted by Crippen LogP contribution is -2.39. The number of thiazole rings is 1. The molecule has 0 aliphatic carbocycles. The third kappa shape index (κ3) is 5.50. The van der Waals surface area contributed by atoms with E-state index in [1.54, 1.807) is 32.1 Å². The molecule has 4 rings (SSSR count). The molecule has 1 N–H and O–H groups in total. The van der Waals surface area contributed by atoms with Crippen LogP contribution in [-0.2, 0) is 14.3 Å². The second kappa shape index (κ2) is 11.5. The monoisotopic (exact) mass is 652 g/mol. The molecule has 1 atom stereocenters. The van der Waals surface area contributed by atoms with Gasteiger partial charge in [0.2, 0.25) is 0 Å². The molecule has 0 fully saturated rings. The van der Waals surface area contributed by atoms with E-state index in [-0.39, 0.29) is 17.9 Å². The first kappa shape index (κ1) is 27.5. The number of halogens is 2. The van der Waals surface area contributed by atoms with Gasteiger partial charge in [-0.3, -0.25) is 9.36 Å². The first-order chi connectivity index (χ1) is 18.1. The molecular formula is C26H22FIN2O7S. The summed E-state index contributed by atoms with van der Waals surface area (Å²) in [5.41, 5.74) is 1.36. The van der Waals surface area contributed by atoms with Gasteiger partial charge in [0, 0.05) is 0 Å². The van der Waals surface area contributed by atoms with Crippen LogP contribution in [0.1, 0.15) is 31.0 Å². The number of hydrogen-bond donors (Lipinski definition) is 1. The number of carbonyl (C=O) groups excluding carboxylic acids is 1. The molecule has 2 aromatic carbocycles. The normalized spacial score (nSPS) is 15.1. The Kier molecular flexibility index (Phi) is 8.31. The van der Waals surface area contributed by atoms with E-state index in [2.05, 4.69) is 4.99 Å². The highest BCUT2D eigenvalue weighted by Crippen LogP contribution is 2.34. The van der Waals surface area contributed by atoms with Gasteiger partial charge in [0.15, 0.2) is 22.9 Å². The highest BCUT2D eigenvalue weighted by molar-refractivity contribution is 14.1. The number of methoxy groups -OCH3 is 1. The van der Waals surface area contributed by atoms with E-state index >= 15 is 0 Å². The van der Waals surface area contributed by atoms with Crippen molar-refractivity contribution in [3.8, 4) is 11.5 Å². The van der Waals surface area contributed by atoms with E-state index in [4.69, 9.17) is 19.3 Å². The molecule has 1 aromatic heterocycles. The third-order valence-corrected chi connectivity index (χ3v) is 7.38. The van der Waals surface area contributed by atoms with E-state index in [1.165, 1.54) is 35.9 Å². The van der Waals surface area contributed by atoms with Crippen molar-refractivity contribution in [2.45, 2.75) is 19.9 Å². The van der Waals surface area contributed by atoms with Crippen LogP contribution < -0.4 is 24.4 Å². The Morgan fingerprint density at radius 1 is 1.26 bits per heavy atom. The Morgan fingerprint density at radius 2 is 1.97 bits per heavy atom. The lowest BCUT2D eigenvalue weighted by molar-refractivity contribution is -0.140. The number of benzene rings is 2.